The Kier molecular flexibility index (Phi) is 5.88. The van der Waals surface area contributed by atoms with Crippen LogP contribution in [0.1, 0.15) is 11.1 Å². The van der Waals surface area contributed by atoms with Gasteiger partial charge in [-0.25, -0.2) is 8.42 Å². The third-order valence-electron chi connectivity index (χ3n) is 4.36. The van der Waals surface area contributed by atoms with Gasteiger partial charge in [-0.05, 0) is 17.7 Å². The van der Waals surface area contributed by atoms with E-state index >= 15 is 0 Å². The summed E-state index contributed by atoms with van der Waals surface area (Å²) in [7, 11) is -1.50. The molecule has 0 spiro atoms. The first-order chi connectivity index (χ1) is 13.9. The zero-order valence-electron chi connectivity index (χ0n) is 15.9. The number of benzene rings is 2. The Hall–Kier alpha value is -3.33. The van der Waals surface area contributed by atoms with E-state index in [9.17, 15) is 18.0 Å². The predicted molar refractivity (Wildman–Crippen MR) is 105 cm³/mol. The van der Waals surface area contributed by atoms with E-state index in [2.05, 4.69) is 10.1 Å². The lowest BCUT2D eigenvalue weighted by Crippen LogP contribution is -2.41. The Bertz CT molecular complexity index is 1060. The zero-order valence-corrected chi connectivity index (χ0v) is 16.7. The molecule has 29 heavy (non-hydrogen) atoms. The van der Waals surface area contributed by atoms with Crippen LogP contribution in [0.4, 0.5) is 0 Å². The number of esters is 1. The van der Waals surface area contributed by atoms with Gasteiger partial charge in [0.05, 0.1) is 12.0 Å². The molecule has 0 saturated heterocycles. The van der Waals surface area contributed by atoms with E-state index < -0.39 is 28.4 Å². The van der Waals surface area contributed by atoms with Gasteiger partial charge in [0.1, 0.15) is 13.2 Å². The number of likely N-dealkylation sites (N-methyl/N-ethyl adjacent to an activating group) is 1. The first-order valence-electron chi connectivity index (χ1n) is 8.70. The summed E-state index contributed by atoms with van der Waals surface area (Å²) in [4.78, 5) is 24.2. The van der Waals surface area contributed by atoms with Gasteiger partial charge in [0.2, 0.25) is 0 Å². The van der Waals surface area contributed by atoms with Crippen molar-refractivity contribution < 1.29 is 27.5 Å². The lowest BCUT2D eigenvalue weighted by atomic mass is 10.1. The van der Waals surface area contributed by atoms with E-state index in [0.29, 0.717) is 0 Å². The van der Waals surface area contributed by atoms with E-state index in [1.807, 2.05) is 30.3 Å². The van der Waals surface area contributed by atoms with Crippen LogP contribution in [-0.4, -0.2) is 45.3 Å². The number of nitrogens with one attached hydrogen (secondary N) is 1. The second-order valence-electron chi connectivity index (χ2n) is 6.18. The number of sulfonamides is 1. The van der Waals surface area contributed by atoms with Gasteiger partial charge in [-0.15, -0.1) is 0 Å². The number of fused-ring (bicyclic) bond motifs is 1. The number of ether oxygens (including phenoxy) is 2. The molecule has 0 saturated carbocycles. The highest BCUT2D eigenvalue weighted by atomic mass is 32.2. The van der Waals surface area contributed by atoms with Crippen molar-refractivity contribution in [2.45, 2.75) is 11.5 Å². The lowest BCUT2D eigenvalue weighted by Gasteiger charge is -2.30. The Labute approximate surface area is 168 Å². The first-order valence-corrected chi connectivity index (χ1v) is 10.1. The smallest absolute Gasteiger partial charge is 0.325 e. The van der Waals surface area contributed by atoms with Crippen LogP contribution in [0.3, 0.4) is 0 Å². The number of hydrogen-bond acceptors (Lipinski definition) is 6. The number of rotatable bonds is 6. The molecule has 0 aliphatic carbocycles. The molecule has 152 valence electrons. The molecule has 1 aliphatic rings. The maximum atomic E-state index is 12.9. The van der Waals surface area contributed by atoms with Crippen molar-refractivity contribution >= 4 is 27.7 Å². The molecule has 0 radical (unpaired) electrons. The summed E-state index contributed by atoms with van der Waals surface area (Å²) < 4.78 is 37.1. The van der Waals surface area contributed by atoms with E-state index in [4.69, 9.17) is 4.74 Å². The minimum atomic E-state index is -3.96. The molecule has 1 aliphatic heterocycles. The van der Waals surface area contributed by atoms with Crippen LogP contribution in [0.2, 0.25) is 0 Å². The number of carbonyl (C=O) groups excluding carboxylic acids is 2. The fourth-order valence-corrected chi connectivity index (χ4v) is 4.24. The fourth-order valence-electron chi connectivity index (χ4n) is 2.85. The Morgan fingerprint density at radius 3 is 2.38 bits per heavy atom. The molecule has 1 heterocycles. The largest absolute Gasteiger partial charge is 0.486 e. The molecular weight excluding hydrogens is 396 g/mol. The molecule has 0 unspecified atom stereocenters. The van der Waals surface area contributed by atoms with Gasteiger partial charge in [0.25, 0.3) is 15.9 Å². The summed E-state index contributed by atoms with van der Waals surface area (Å²) in [5.41, 5.74) is 0.927. The zero-order chi connectivity index (χ0) is 21.0. The number of amides is 1. The molecule has 0 bridgehead atoms. The van der Waals surface area contributed by atoms with Crippen LogP contribution < -0.4 is 5.32 Å². The van der Waals surface area contributed by atoms with Crippen LogP contribution in [0.5, 0.6) is 0 Å². The lowest BCUT2D eigenvalue weighted by molar-refractivity contribution is -0.140. The molecule has 9 heteroatoms. The van der Waals surface area contributed by atoms with Crippen molar-refractivity contribution in [3.05, 3.63) is 71.4 Å². The molecule has 0 aromatic heterocycles. The predicted octanol–water partition coefficient (Wildman–Crippen LogP) is 1.50. The normalized spacial score (nSPS) is 14.8. The Morgan fingerprint density at radius 1 is 1.03 bits per heavy atom. The number of nitrogens with zero attached hydrogens (tertiary/aromatic N) is 1. The molecular formula is C20H20N2O6S. The summed E-state index contributed by atoms with van der Waals surface area (Å²) >= 11 is 0. The van der Waals surface area contributed by atoms with Crippen LogP contribution in [0.15, 0.2) is 65.2 Å². The second kappa shape index (κ2) is 8.36. The highest BCUT2D eigenvalue weighted by Gasteiger charge is 2.38. The van der Waals surface area contributed by atoms with Crippen LogP contribution in [0, 0.1) is 0 Å². The molecule has 2 aromatic carbocycles. The summed E-state index contributed by atoms with van der Waals surface area (Å²) in [6.07, 6.45) is 0. The maximum absolute atomic E-state index is 12.9. The molecule has 1 amide bonds. The van der Waals surface area contributed by atoms with Crippen molar-refractivity contribution in [1.82, 2.24) is 9.62 Å². The Balaban J connectivity index is 2.05. The Morgan fingerprint density at radius 2 is 1.69 bits per heavy atom. The average Bonchev–Trinajstić information content (AvgIpc) is 2.74. The van der Waals surface area contributed by atoms with Crippen molar-refractivity contribution in [1.29, 1.82) is 0 Å². The summed E-state index contributed by atoms with van der Waals surface area (Å²) in [5.74, 6) is -1.31. The molecule has 8 nitrogen and oxygen atoms in total. The summed E-state index contributed by atoms with van der Waals surface area (Å²) in [6.45, 7) is -0.271. The molecule has 3 rings (SSSR count). The van der Waals surface area contributed by atoms with Crippen molar-refractivity contribution in [2.75, 3.05) is 20.7 Å². The fraction of sp³-hybridized carbons (Fsp3) is 0.200. The molecule has 1 N–H and O–H groups in total. The number of methoxy groups -OCH3 is 1. The minimum absolute atomic E-state index is 0.0371. The summed E-state index contributed by atoms with van der Waals surface area (Å²) in [5, 5.41) is 2.37. The monoisotopic (exact) mass is 416 g/mol. The molecule has 0 fully saturated rings. The van der Waals surface area contributed by atoms with Gasteiger partial charge in [-0.1, -0.05) is 42.5 Å². The van der Waals surface area contributed by atoms with Gasteiger partial charge in [-0.2, -0.15) is 0 Å². The van der Waals surface area contributed by atoms with Gasteiger partial charge < -0.3 is 14.8 Å². The minimum Gasteiger partial charge on any atom is -0.486 e. The van der Waals surface area contributed by atoms with Crippen LogP contribution in [0.25, 0.3) is 5.76 Å². The number of carbonyl (C=O) groups is 2. The van der Waals surface area contributed by atoms with Gasteiger partial charge >= 0.3 is 5.97 Å². The van der Waals surface area contributed by atoms with E-state index in [1.54, 1.807) is 18.2 Å². The molecule has 0 atom stereocenters. The van der Waals surface area contributed by atoms with E-state index in [0.717, 1.165) is 9.87 Å². The average molecular weight is 416 g/mol. The third-order valence-corrected chi connectivity index (χ3v) is 6.18. The standard InChI is InChI=1S/C20H20N2O6S/c1-22-18(20(24)21-12-17(23)27-2)19(28-13-14-8-4-3-5-9-14)15-10-6-7-11-16(15)29(22,25)26/h3-11H,12-13H2,1-2H3,(H,21,24). The maximum Gasteiger partial charge on any atom is 0.325 e. The SMILES string of the molecule is COC(=O)CNC(=O)C1=C(OCc2ccccc2)c2ccccc2S(=O)(=O)N1C. The summed E-state index contributed by atoms with van der Waals surface area (Å²) in [6, 6.07) is 15.6. The van der Waals surface area contributed by atoms with Gasteiger partial charge in [0.15, 0.2) is 11.5 Å². The van der Waals surface area contributed by atoms with E-state index in [-0.39, 0.29) is 28.5 Å². The quantitative estimate of drug-likeness (QED) is 0.716. The second-order valence-corrected chi connectivity index (χ2v) is 8.12. The van der Waals surface area contributed by atoms with Crippen LogP contribution >= 0.6 is 0 Å². The van der Waals surface area contributed by atoms with Crippen molar-refractivity contribution in [2.24, 2.45) is 0 Å². The highest BCUT2D eigenvalue weighted by Crippen LogP contribution is 2.36. The van der Waals surface area contributed by atoms with E-state index in [1.165, 1.54) is 20.2 Å². The van der Waals surface area contributed by atoms with Gasteiger partial charge in [-0.3, -0.25) is 13.9 Å². The topological polar surface area (TPSA) is 102 Å². The van der Waals surface area contributed by atoms with Crippen LogP contribution in [-0.2, 0) is 35.7 Å². The number of hydrogen-bond donors (Lipinski definition) is 1. The van der Waals surface area contributed by atoms with Crippen molar-refractivity contribution in [3.63, 3.8) is 0 Å². The molecule has 2 aromatic rings. The highest BCUT2D eigenvalue weighted by molar-refractivity contribution is 7.89. The first kappa shape index (κ1) is 20.4. The van der Waals surface area contributed by atoms with Gasteiger partial charge in [0, 0.05) is 12.6 Å². The van der Waals surface area contributed by atoms with Crippen molar-refractivity contribution in [3.8, 4) is 0 Å². The third kappa shape index (κ3) is 4.09.